The molecule has 0 aromatic carbocycles. The molecule has 0 fully saturated rings. The van der Waals surface area contributed by atoms with Crippen molar-refractivity contribution < 1.29 is 14.3 Å². The topological polar surface area (TPSA) is 91.2 Å². The molecule has 8 nitrogen and oxygen atoms in total. The highest BCUT2D eigenvalue weighted by molar-refractivity contribution is 6.02. The molecule has 0 bridgehead atoms. The Morgan fingerprint density at radius 1 is 1.30 bits per heavy atom. The maximum absolute atomic E-state index is 12.1. The van der Waals surface area contributed by atoms with Crippen LogP contribution < -0.4 is 14.8 Å². The summed E-state index contributed by atoms with van der Waals surface area (Å²) in [4.78, 5) is 20.1. The molecule has 0 aliphatic heterocycles. The number of carbonyl (C=O) groups is 1. The maximum Gasteiger partial charge on any atom is 0.319 e. The lowest BCUT2D eigenvalue weighted by Gasteiger charge is -2.05. The third-order valence-electron chi connectivity index (χ3n) is 3.31. The number of aryl methyl sites for hydroxylation is 2. The summed E-state index contributed by atoms with van der Waals surface area (Å²) in [5.74, 6) is 0.0525. The van der Waals surface area contributed by atoms with Crippen LogP contribution in [0.3, 0.4) is 0 Å². The van der Waals surface area contributed by atoms with Crippen LogP contribution in [0.25, 0.3) is 6.08 Å². The van der Waals surface area contributed by atoms with Gasteiger partial charge in [-0.15, -0.1) is 0 Å². The molecule has 0 aliphatic carbocycles. The van der Waals surface area contributed by atoms with Crippen molar-refractivity contribution in [2.75, 3.05) is 19.5 Å². The highest BCUT2D eigenvalue weighted by Gasteiger charge is 2.11. The summed E-state index contributed by atoms with van der Waals surface area (Å²) in [5, 5.41) is 7.07. The minimum atomic E-state index is -0.276. The van der Waals surface area contributed by atoms with E-state index >= 15 is 0 Å². The van der Waals surface area contributed by atoms with E-state index in [1.54, 1.807) is 10.8 Å². The Balaban J connectivity index is 2.15. The summed E-state index contributed by atoms with van der Waals surface area (Å²) in [6.07, 6.45) is 4.49. The predicted octanol–water partition coefficient (Wildman–Crippen LogP) is 1.50. The lowest BCUT2D eigenvalue weighted by Crippen LogP contribution is -2.09. The monoisotopic (exact) mass is 317 g/mol. The molecule has 2 aromatic heterocycles. The molecular formula is C15H19N5O3. The fourth-order valence-corrected chi connectivity index (χ4v) is 2.02. The van der Waals surface area contributed by atoms with Crippen molar-refractivity contribution in [3.63, 3.8) is 0 Å². The van der Waals surface area contributed by atoms with Gasteiger partial charge in [0.1, 0.15) is 0 Å². The average molecular weight is 317 g/mol. The summed E-state index contributed by atoms with van der Waals surface area (Å²) in [6.45, 7) is 3.73. The van der Waals surface area contributed by atoms with E-state index in [9.17, 15) is 4.79 Å². The van der Waals surface area contributed by atoms with Crippen LogP contribution in [0.4, 0.5) is 5.69 Å². The zero-order chi connectivity index (χ0) is 17.0. The number of carbonyl (C=O) groups excluding carboxylic acids is 1. The predicted molar refractivity (Wildman–Crippen MR) is 85.5 cm³/mol. The Bertz CT molecular complexity index is 752. The summed E-state index contributed by atoms with van der Waals surface area (Å²) >= 11 is 0. The molecule has 0 atom stereocenters. The minimum absolute atomic E-state index is 0.199. The SMILES string of the molecule is COc1ncc(C=CC(=O)Nc2c(C)nn(C)c2C)c(OC)n1. The van der Waals surface area contributed by atoms with Crippen molar-refractivity contribution in [1.82, 2.24) is 19.7 Å². The van der Waals surface area contributed by atoms with Gasteiger partial charge < -0.3 is 14.8 Å². The summed E-state index contributed by atoms with van der Waals surface area (Å²) in [5.41, 5.74) is 2.93. The molecule has 0 spiro atoms. The highest BCUT2D eigenvalue weighted by Crippen LogP contribution is 2.20. The van der Waals surface area contributed by atoms with Crippen LogP contribution in [0.2, 0.25) is 0 Å². The smallest absolute Gasteiger partial charge is 0.319 e. The number of amides is 1. The molecule has 0 saturated heterocycles. The Morgan fingerprint density at radius 3 is 2.61 bits per heavy atom. The lowest BCUT2D eigenvalue weighted by molar-refractivity contribution is -0.111. The highest BCUT2D eigenvalue weighted by atomic mass is 16.5. The van der Waals surface area contributed by atoms with Crippen LogP contribution in [0.15, 0.2) is 12.3 Å². The molecule has 2 heterocycles. The molecule has 2 rings (SSSR count). The van der Waals surface area contributed by atoms with E-state index < -0.39 is 0 Å². The van der Waals surface area contributed by atoms with Crippen molar-refractivity contribution >= 4 is 17.7 Å². The average Bonchev–Trinajstić information content (AvgIpc) is 2.79. The van der Waals surface area contributed by atoms with Crippen molar-refractivity contribution in [3.8, 4) is 11.9 Å². The first-order valence-electron chi connectivity index (χ1n) is 6.90. The van der Waals surface area contributed by atoms with Gasteiger partial charge in [0.2, 0.25) is 11.8 Å². The van der Waals surface area contributed by atoms with E-state index in [2.05, 4.69) is 20.4 Å². The Kier molecular flexibility index (Phi) is 4.95. The van der Waals surface area contributed by atoms with Gasteiger partial charge in [-0.3, -0.25) is 9.48 Å². The van der Waals surface area contributed by atoms with Crippen LogP contribution in [0.1, 0.15) is 17.0 Å². The van der Waals surface area contributed by atoms with Gasteiger partial charge >= 0.3 is 6.01 Å². The Hall–Kier alpha value is -2.90. The standard InChI is InChI=1S/C15H19N5O3/c1-9-13(10(2)20(3)19-9)17-12(21)7-6-11-8-16-15(23-5)18-14(11)22-4/h6-8H,1-5H3,(H,17,21). The molecule has 0 radical (unpaired) electrons. The minimum Gasteiger partial charge on any atom is -0.480 e. The number of hydrogen-bond donors (Lipinski definition) is 1. The van der Waals surface area contributed by atoms with E-state index in [1.165, 1.54) is 26.5 Å². The van der Waals surface area contributed by atoms with E-state index in [-0.39, 0.29) is 11.9 Å². The fraction of sp³-hybridized carbons (Fsp3) is 0.333. The van der Waals surface area contributed by atoms with Gasteiger partial charge in [0.25, 0.3) is 0 Å². The van der Waals surface area contributed by atoms with Gasteiger partial charge in [0.05, 0.1) is 36.9 Å². The molecule has 0 unspecified atom stereocenters. The normalized spacial score (nSPS) is 10.8. The van der Waals surface area contributed by atoms with Crippen LogP contribution in [-0.2, 0) is 11.8 Å². The molecule has 23 heavy (non-hydrogen) atoms. The third-order valence-corrected chi connectivity index (χ3v) is 3.31. The first kappa shape index (κ1) is 16.5. The second kappa shape index (κ2) is 6.91. The molecule has 2 aromatic rings. The largest absolute Gasteiger partial charge is 0.480 e. The molecule has 122 valence electrons. The van der Waals surface area contributed by atoms with Gasteiger partial charge in [-0.1, -0.05) is 0 Å². The molecule has 0 aliphatic rings. The van der Waals surface area contributed by atoms with Crippen molar-refractivity contribution in [2.45, 2.75) is 13.8 Å². The number of nitrogens with zero attached hydrogens (tertiary/aromatic N) is 4. The molecule has 1 N–H and O–H groups in total. The molecule has 1 amide bonds. The van der Waals surface area contributed by atoms with Crippen molar-refractivity contribution in [3.05, 3.63) is 29.2 Å². The third kappa shape index (κ3) is 3.65. The number of aromatic nitrogens is 4. The van der Waals surface area contributed by atoms with Crippen molar-refractivity contribution in [1.29, 1.82) is 0 Å². The lowest BCUT2D eigenvalue weighted by atomic mass is 10.2. The summed E-state index contributed by atoms with van der Waals surface area (Å²) < 4.78 is 11.8. The maximum atomic E-state index is 12.1. The first-order chi connectivity index (χ1) is 11.0. The molecule has 8 heteroatoms. The van der Waals surface area contributed by atoms with Gasteiger partial charge in [-0.25, -0.2) is 4.98 Å². The van der Waals surface area contributed by atoms with Crippen LogP contribution in [-0.4, -0.2) is 39.9 Å². The molecule has 0 saturated carbocycles. The number of hydrogen-bond acceptors (Lipinski definition) is 6. The van der Waals surface area contributed by atoms with Gasteiger partial charge in [-0.05, 0) is 19.9 Å². The van der Waals surface area contributed by atoms with Crippen LogP contribution >= 0.6 is 0 Å². The first-order valence-corrected chi connectivity index (χ1v) is 6.90. The van der Waals surface area contributed by atoms with Gasteiger partial charge in [0.15, 0.2) is 0 Å². The number of rotatable bonds is 5. The quantitative estimate of drug-likeness (QED) is 0.840. The van der Waals surface area contributed by atoms with Crippen LogP contribution in [0.5, 0.6) is 11.9 Å². The van der Waals surface area contributed by atoms with Gasteiger partial charge in [0, 0.05) is 19.3 Å². The summed E-state index contributed by atoms with van der Waals surface area (Å²) in [6, 6.07) is 0.199. The Morgan fingerprint density at radius 2 is 2.04 bits per heavy atom. The van der Waals surface area contributed by atoms with E-state index in [4.69, 9.17) is 9.47 Å². The van der Waals surface area contributed by atoms with E-state index in [0.29, 0.717) is 17.1 Å². The van der Waals surface area contributed by atoms with Crippen molar-refractivity contribution in [2.24, 2.45) is 7.05 Å². The van der Waals surface area contributed by atoms with Crippen LogP contribution in [0, 0.1) is 13.8 Å². The fourth-order valence-electron chi connectivity index (χ4n) is 2.02. The second-order valence-electron chi connectivity index (χ2n) is 4.81. The number of nitrogens with one attached hydrogen (secondary N) is 1. The summed E-state index contributed by atoms with van der Waals surface area (Å²) in [7, 11) is 4.78. The number of anilines is 1. The zero-order valence-electron chi connectivity index (χ0n) is 13.7. The van der Waals surface area contributed by atoms with E-state index in [1.807, 2.05) is 20.9 Å². The van der Waals surface area contributed by atoms with E-state index in [0.717, 1.165) is 11.4 Å². The Labute approximate surface area is 134 Å². The molecular weight excluding hydrogens is 298 g/mol. The van der Waals surface area contributed by atoms with Gasteiger partial charge in [-0.2, -0.15) is 10.1 Å². The number of methoxy groups -OCH3 is 2. The second-order valence-corrected chi connectivity index (χ2v) is 4.81. The zero-order valence-corrected chi connectivity index (χ0v) is 13.7. The number of ether oxygens (including phenoxy) is 2.